The van der Waals surface area contributed by atoms with Crippen LogP contribution >= 0.6 is 15.9 Å². The second-order valence-corrected chi connectivity index (χ2v) is 4.62. The van der Waals surface area contributed by atoms with E-state index in [0.717, 1.165) is 10.0 Å². The normalized spacial score (nSPS) is 11.9. The lowest BCUT2D eigenvalue weighted by molar-refractivity contribution is -0.137. The van der Waals surface area contributed by atoms with Crippen LogP contribution in [-0.2, 0) is 14.3 Å². The van der Waals surface area contributed by atoms with Crippen molar-refractivity contribution in [3.05, 3.63) is 34.3 Å². The molecule has 1 aromatic rings. The van der Waals surface area contributed by atoms with E-state index in [4.69, 9.17) is 9.84 Å². The first-order valence-electron chi connectivity index (χ1n) is 5.28. The van der Waals surface area contributed by atoms with Crippen molar-refractivity contribution in [2.45, 2.75) is 12.5 Å². The summed E-state index contributed by atoms with van der Waals surface area (Å²) in [5.41, 5.74) is 0.741. The predicted molar refractivity (Wildman–Crippen MR) is 69.2 cm³/mol. The molecular weight excluding hydrogens is 302 g/mol. The molecule has 1 rings (SSSR count). The number of amides is 1. The van der Waals surface area contributed by atoms with Gasteiger partial charge in [-0.05, 0) is 17.7 Å². The molecule has 98 valence electrons. The molecule has 5 nitrogen and oxygen atoms in total. The van der Waals surface area contributed by atoms with E-state index >= 15 is 0 Å². The predicted octanol–water partition coefficient (Wildman–Crippen LogP) is 1.73. The number of rotatable bonds is 6. The molecule has 2 N–H and O–H groups in total. The van der Waals surface area contributed by atoms with Gasteiger partial charge in [-0.25, -0.2) is 0 Å². The molecule has 1 aromatic carbocycles. The highest BCUT2D eigenvalue weighted by atomic mass is 79.9. The lowest BCUT2D eigenvalue weighted by Gasteiger charge is -2.17. The van der Waals surface area contributed by atoms with Crippen molar-refractivity contribution in [3.8, 4) is 0 Å². The SMILES string of the molecule is COCC(=O)NC(CC(=O)O)c1ccc(Br)cc1. The van der Waals surface area contributed by atoms with Crippen molar-refractivity contribution in [2.24, 2.45) is 0 Å². The van der Waals surface area contributed by atoms with Crippen LogP contribution in [0.3, 0.4) is 0 Å². The van der Waals surface area contributed by atoms with Gasteiger partial charge in [-0.15, -0.1) is 0 Å². The fourth-order valence-corrected chi connectivity index (χ4v) is 1.75. The lowest BCUT2D eigenvalue weighted by atomic mass is 10.0. The highest BCUT2D eigenvalue weighted by molar-refractivity contribution is 9.10. The van der Waals surface area contributed by atoms with E-state index < -0.39 is 12.0 Å². The van der Waals surface area contributed by atoms with Gasteiger partial charge in [0.15, 0.2) is 0 Å². The average Bonchev–Trinajstić information content (AvgIpc) is 2.28. The zero-order valence-corrected chi connectivity index (χ0v) is 11.4. The number of methoxy groups -OCH3 is 1. The van der Waals surface area contributed by atoms with E-state index in [0.29, 0.717) is 0 Å². The number of carbonyl (C=O) groups excluding carboxylic acids is 1. The summed E-state index contributed by atoms with van der Waals surface area (Å²) in [5, 5.41) is 11.5. The number of carbonyl (C=O) groups is 2. The molecule has 0 saturated carbocycles. The lowest BCUT2D eigenvalue weighted by Crippen LogP contribution is -2.32. The minimum Gasteiger partial charge on any atom is -0.481 e. The molecule has 6 heteroatoms. The van der Waals surface area contributed by atoms with Gasteiger partial charge in [-0.1, -0.05) is 28.1 Å². The molecule has 0 aliphatic rings. The largest absolute Gasteiger partial charge is 0.481 e. The third-order valence-corrected chi connectivity index (χ3v) is 2.79. The number of benzene rings is 1. The summed E-state index contributed by atoms with van der Waals surface area (Å²) < 4.78 is 5.59. The first kappa shape index (κ1) is 14.7. The van der Waals surface area contributed by atoms with E-state index in [1.165, 1.54) is 7.11 Å². The Labute approximate surface area is 113 Å². The topological polar surface area (TPSA) is 75.6 Å². The number of hydrogen-bond acceptors (Lipinski definition) is 3. The molecule has 0 heterocycles. The van der Waals surface area contributed by atoms with Gasteiger partial charge < -0.3 is 15.2 Å². The second-order valence-electron chi connectivity index (χ2n) is 3.70. The molecule has 0 aromatic heterocycles. The molecule has 0 aliphatic carbocycles. The third-order valence-electron chi connectivity index (χ3n) is 2.26. The number of carboxylic acid groups (broad SMARTS) is 1. The molecule has 1 atom stereocenters. The summed E-state index contributed by atoms with van der Waals surface area (Å²) in [7, 11) is 1.41. The van der Waals surface area contributed by atoms with Crippen LogP contribution in [0.4, 0.5) is 0 Å². The molecule has 0 saturated heterocycles. The Morgan fingerprint density at radius 3 is 2.50 bits per heavy atom. The Morgan fingerprint density at radius 2 is 2.00 bits per heavy atom. The smallest absolute Gasteiger partial charge is 0.305 e. The van der Waals surface area contributed by atoms with Crippen molar-refractivity contribution in [3.63, 3.8) is 0 Å². The Hall–Kier alpha value is -1.40. The van der Waals surface area contributed by atoms with Gasteiger partial charge in [0.2, 0.25) is 5.91 Å². The highest BCUT2D eigenvalue weighted by Crippen LogP contribution is 2.19. The Morgan fingerprint density at radius 1 is 1.39 bits per heavy atom. The minimum atomic E-state index is -0.972. The fourth-order valence-electron chi connectivity index (χ4n) is 1.49. The number of aliphatic carboxylic acids is 1. The van der Waals surface area contributed by atoms with Gasteiger partial charge in [0.1, 0.15) is 6.61 Å². The Bertz CT molecular complexity index is 419. The molecular formula is C12H14BrNO4. The average molecular weight is 316 g/mol. The summed E-state index contributed by atoms with van der Waals surface area (Å²) in [6.45, 7) is -0.0906. The van der Waals surface area contributed by atoms with Gasteiger partial charge in [-0.2, -0.15) is 0 Å². The third kappa shape index (κ3) is 4.85. The Balaban J connectivity index is 2.80. The summed E-state index contributed by atoms with van der Waals surface area (Å²) in [6.07, 6.45) is -0.170. The van der Waals surface area contributed by atoms with Crippen LogP contribution in [0.15, 0.2) is 28.7 Å². The molecule has 18 heavy (non-hydrogen) atoms. The number of halogens is 1. The molecule has 1 amide bonds. The van der Waals surface area contributed by atoms with E-state index in [-0.39, 0.29) is 18.9 Å². The van der Waals surface area contributed by atoms with Gasteiger partial charge in [-0.3, -0.25) is 9.59 Å². The van der Waals surface area contributed by atoms with Gasteiger partial charge in [0.05, 0.1) is 12.5 Å². The van der Waals surface area contributed by atoms with Crippen molar-refractivity contribution in [1.29, 1.82) is 0 Å². The molecule has 1 unspecified atom stereocenters. The molecule has 0 aliphatic heterocycles. The number of ether oxygens (including phenoxy) is 1. The summed E-state index contributed by atoms with van der Waals surface area (Å²) >= 11 is 3.30. The van der Waals surface area contributed by atoms with E-state index in [1.54, 1.807) is 24.3 Å². The molecule has 0 bridgehead atoms. The van der Waals surface area contributed by atoms with Crippen molar-refractivity contribution in [1.82, 2.24) is 5.32 Å². The van der Waals surface area contributed by atoms with E-state index in [2.05, 4.69) is 21.2 Å². The first-order chi connectivity index (χ1) is 8.52. The summed E-state index contributed by atoms with van der Waals surface area (Å²) in [5.74, 6) is -1.31. The van der Waals surface area contributed by atoms with Crippen molar-refractivity contribution < 1.29 is 19.4 Å². The maximum Gasteiger partial charge on any atom is 0.305 e. The van der Waals surface area contributed by atoms with Gasteiger partial charge in [0.25, 0.3) is 0 Å². The number of carboxylic acids is 1. The van der Waals surface area contributed by atoms with Crippen molar-refractivity contribution in [2.75, 3.05) is 13.7 Å². The maximum atomic E-state index is 11.4. The van der Waals surface area contributed by atoms with E-state index in [1.807, 2.05) is 0 Å². The van der Waals surface area contributed by atoms with Crippen LogP contribution < -0.4 is 5.32 Å². The molecule has 0 spiro atoms. The number of nitrogens with one attached hydrogen (secondary N) is 1. The summed E-state index contributed by atoms with van der Waals surface area (Å²) in [6, 6.07) is 6.58. The monoisotopic (exact) mass is 315 g/mol. The quantitative estimate of drug-likeness (QED) is 0.838. The van der Waals surface area contributed by atoms with E-state index in [9.17, 15) is 9.59 Å². The standard InChI is InChI=1S/C12H14BrNO4/c1-18-7-11(15)14-10(6-12(16)17)8-2-4-9(13)5-3-8/h2-5,10H,6-7H2,1H3,(H,14,15)(H,16,17). The van der Waals surface area contributed by atoms with Crippen LogP contribution in [0.2, 0.25) is 0 Å². The summed E-state index contributed by atoms with van der Waals surface area (Å²) in [4.78, 5) is 22.2. The van der Waals surface area contributed by atoms with Crippen molar-refractivity contribution >= 4 is 27.8 Å². The molecule has 0 radical (unpaired) electrons. The second kappa shape index (κ2) is 7.13. The highest BCUT2D eigenvalue weighted by Gasteiger charge is 2.17. The van der Waals surface area contributed by atoms with Gasteiger partial charge in [0, 0.05) is 11.6 Å². The van der Waals surface area contributed by atoms with Crippen LogP contribution in [0.25, 0.3) is 0 Å². The zero-order valence-electron chi connectivity index (χ0n) is 9.85. The minimum absolute atomic E-state index is 0.0906. The molecule has 0 fully saturated rings. The van der Waals surface area contributed by atoms with Crippen LogP contribution in [0.5, 0.6) is 0 Å². The Kier molecular flexibility index (Phi) is 5.80. The van der Waals surface area contributed by atoms with Gasteiger partial charge >= 0.3 is 5.97 Å². The zero-order chi connectivity index (χ0) is 13.5. The maximum absolute atomic E-state index is 11.4. The fraction of sp³-hybridized carbons (Fsp3) is 0.333. The van der Waals surface area contributed by atoms with Crippen LogP contribution in [0, 0.1) is 0 Å². The van der Waals surface area contributed by atoms with Crippen LogP contribution in [-0.4, -0.2) is 30.7 Å². The van der Waals surface area contributed by atoms with Crippen LogP contribution in [0.1, 0.15) is 18.0 Å². The first-order valence-corrected chi connectivity index (χ1v) is 6.07. The number of hydrogen-bond donors (Lipinski definition) is 2.